The van der Waals surface area contributed by atoms with E-state index in [-0.39, 0.29) is 17.2 Å². The van der Waals surface area contributed by atoms with Crippen LogP contribution in [0.5, 0.6) is 0 Å². The van der Waals surface area contributed by atoms with Crippen molar-refractivity contribution in [1.82, 2.24) is 10.3 Å². The largest absolute Gasteiger partial charge is 0.515 e. The fraction of sp³-hybridized carbons (Fsp3) is 0.409. The van der Waals surface area contributed by atoms with E-state index in [1.807, 2.05) is 51.1 Å². The standard InChI is InChI=1S/C22H26N2O5S/c1-6-27-14(3)28-21(26)29-16-12-22(4,5)24-19(25)17(16)18-13(2)30-20(23-18)15-10-8-7-9-11-15/h7-11,14H,6,12H2,1-5H3,(H,24,25). The van der Waals surface area contributed by atoms with Crippen molar-refractivity contribution < 1.29 is 23.8 Å². The number of rotatable bonds is 6. The minimum Gasteiger partial charge on any atom is -0.404 e. The van der Waals surface area contributed by atoms with Crippen molar-refractivity contribution in [1.29, 1.82) is 0 Å². The molecule has 1 aliphatic heterocycles. The number of ether oxygens (including phenoxy) is 3. The first-order chi connectivity index (χ1) is 14.2. The molecule has 1 aromatic carbocycles. The van der Waals surface area contributed by atoms with Crippen molar-refractivity contribution >= 4 is 29.0 Å². The van der Waals surface area contributed by atoms with Crippen molar-refractivity contribution in [2.75, 3.05) is 6.61 Å². The minimum absolute atomic E-state index is 0.241. The van der Waals surface area contributed by atoms with Crippen molar-refractivity contribution in [2.45, 2.75) is 52.9 Å². The highest BCUT2D eigenvalue weighted by Crippen LogP contribution is 2.37. The van der Waals surface area contributed by atoms with Gasteiger partial charge in [-0.1, -0.05) is 30.3 Å². The quantitative estimate of drug-likeness (QED) is 0.530. The zero-order chi connectivity index (χ0) is 21.9. The van der Waals surface area contributed by atoms with Crippen molar-refractivity contribution in [2.24, 2.45) is 0 Å². The summed E-state index contributed by atoms with van der Waals surface area (Å²) in [5.41, 5.74) is 1.15. The van der Waals surface area contributed by atoms with Gasteiger partial charge in [0.25, 0.3) is 5.91 Å². The first-order valence-electron chi connectivity index (χ1n) is 9.79. The predicted octanol–water partition coefficient (Wildman–Crippen LogP) is 4.66. The highest BCUT2D eigenvalue weighted by atomic mass is 32.1. The molecule has 1 aliphatic rings. The molecule has 0 aliphatic carbocycles. The van der Waals surface area contributed by atoms with E-state index in [2.05, 4.69) is 5.32 Å². The fourth-order valence-corrected chi connectivity index (χ4v) is 4.14. The molecule has 1 N–H and O–H groups in total. The summed E-state index contributed by atoms with van der Waals surface area (Å²) in [5, 5.41) is 3.75. The summed E-state index contributed by atoms with van der Waals surface area (Å²) in [6.07, 6.45) is -1.34. The number of nitrogens with zero attached hydrogens (tertiary/aromatic N) is 1. The van der Waals surface area contributed by atoms with E-state index < -0.39 is 18.0 Å². The second-order valence-corrected chi connectivity index (χ2v) is 8.80. The van der Waals surface area contributed by atoms with Gasteiger partial charge in [0, 0.05) is 29.0 Å². The molecule has 0 spiro atoms. The lowest BCUT2D eigenvalue weighted by Gasteiger charge is -2.32. The Morgan fingerprint density at radius 1 is 1.30 bits per heavy atom. The maximum atomic E-state index is 13.0. The predicted molar refractivity (Wildman–Crippen MR) is 115 cm³/mol. The van der Waals surface area contributed by atoms with Gasteiger partial charge in [-0.15, -0.1) is 11.3 Å². The summed E-state index contributed by atoms with van der Waals surface area (Å²) in [4.78, 5) is 30.8. The molecular weight excluding hydrogens is 404 g/mol. The van der Waals surface area contributed by atoms with Gasteiger partial charge in [-0.2, -0.15) is 0 Å². The molecule has 2 aromatic rings. The van der Waals surface area contributed by atoms with Gasteiger partial charge >= 0.3 is 6.16 Å². The van der Waals surface area contributed by atoms with Crippen LogP contribution in [0.2, 0.25) is 0 Å². The molecule has 0 bridgehead atoms. The Balaban J connectivity index is 1.98. The van der Waals surface area contributed by atoms with Crippen LogP contribution in [-0.2, 0) is 19.0 Å². The lowest BCUT2D eigenvalue weighted by atomic mass is 9.91. The number of aryl methyl sites for hydroxylation is 1. The molecule has 7 nitrogen and oxygen atoms in total. The number of aromatic nitrogens is 1. The van der Waals surface area contributed by atoms with Crippen LogP contribution in [0.1, 0.15) is 44.7 Å². The number of hydrogen-bond donors (Lipinski definition) is 1. The third kappa shape index (κ3) is 5.06. The number of amides is 1. The maximum Gasteiger partial charge on any atom is 0.515 e. The second-order valence-electron chi connectivity index (χ2n) is 7.60. The maximum absolute atomic E-state index is 13.0. The number of carbonyl (C=O) groups is 2. The lowest BCUT2D eigenvalue weighted by molar-refractivity contribution is -0.118. The van der Waals surface area contributed by atoms with Crippen molar-refractivity contribution in [3.05, 3.63) is 46.7 Å². The van der Waals surface area contributed by atoms with Crippen LogP contribution in [-0.4, -0.2) is 35.5 Å². The van der Waals surface area contributed by atoms with Gasteiger partial charge in [-0.05, 0) is 34.6 Å². The number of nitrogens with one attached hydrogen (secondary N) is 1. The Morgan fingerprint density at radius 3 is 2.67 bits per heavy atom. The van der Waals surface area contributed by atoms with Gasteiger partial charge < -0.3 is 19.5 Å². The molecule has 2 heterocycles. The molecule has 1 unspecified atom stereocenters. The van der Waals surface area contributed by atoms with Crippen LogP contribution in [0.25, 0.3) is 16.1 Å². The Hall–Kier alpha value is -2.71. The summed E-state index contributed by atoms with van der Waals surface area (Å²) in [5.74, 6) is -0.0922. The van der Waals surface area contributed by atoms with E-state index in [9.17, 15) is 9.59 Å². The summed E-state index contributed by atoms with van der Waals surface area (Å²) in [7, 11) is 0. The molecule has 0 saturated heterocycles. The fourth-order valence-electron chi connectivity index (χ4n) is 3.22. The molecule has 160 valence electrons. The normalized spacial score (nSPS) is 16.8. The first kappa shape index (κ1) is 22.0. The third-order valence-electron chi connectivity index (χ3n) is 4.48. The molecule has 1 atom stereocenters. The molecule has 30 heavy (non-hydrogen) atoms. The Kier molecular flexibility index (Phi) is 6.58. The van der Waals surface area contributed by atoms with E-state index in [0.717, 1.165) is 15.4 Å². The van der Waals surface area contributed by atoms with Crippen LogP contribution in [0.15, 0.2) is 36.1 Å². The van der Waals surface area contributed by atoms with Crippen LogP contribution in [0, 0.1) is 6.92 Å². The molecule has 1 aromatic heterocycles. The second kappa shape index (κ2) is 8.97. The number of benzene rings is 1. The monoisotopic (exact) mass is 430 g/mol. The molecule has 0 fully saturated rings. The lowest BCUT2D eigenvalue weighted by Crippen LogP contribution is -2.48. The topological polar surface area (TPSA) is 86.8 Å². The van der Waals surface area contributed by atoms with Crippen LogP contribution >= 0.6 is 11.3 Å². The smallest absolute Gasteiger partial charge is 0.404 e. The molecular formula is C22H26N2O5S. The van der Waals surface area contributed by atoms with Gasteiger partial charge in [0.05, 0.1) is 5.69 Å². The van der Waals surface area contributed by atoms with Gasteiger partial charge in [0.2, 0.25) is 6.29 Å². The zero-order valence-corrected chi connectivity index (χ0v) is 18.6. The summed E-state index contributed by atoms with van der Waals surface area (Å²) in [6, 6.07) is 9.73. The SMILES string of the molecule is CCOC(C)OC(=O)OC1=C(c2nc(-c3ccccc3)sc2C)C(=O)NC(C)(C)C1. The minimum atomic E-state index is -0.912. The number of hydrogen-bond acceptors (Lipinski definition) is 7. The van der Waals surface area contributed by atoms with Crippen LogP contribution in [0.3, 0.4) is 0 Å². The van der Waals surface area contributed by atoms with E-state index in [4.69, 9.17) is 19.2 Å². The Morgan fingerprint density at radius 2 is 2.00 bits per heavy atom. The van der Waals surface area contributed by atoms with E-state index >= 15 is 0 Å². The van der Waals surface area contributed by atoms with Gasteiger partial charge in [0.15, 0.2) is 0 Å². The molecule has 8 heteroatoms. The van der Waals surface area contributed by atoms with E-state index in [1.165, 1.54) is 11.3 Å². The zero-order valence-electron chi connectivity index (χ0n) is 17.8. The molecule has 3 rings (SSSR count). The van der Waals surface area contributed by atoms with E-state index in [1.54, 1.807) is 13.8 Å². The molecule has 0 saturated carbocycles. The highest BCUT2D eigenvalue weighted by molar-refractivity contribution is 7.15. The van der Waals surface area contributed by atoms with E-state index in [0.29, 0.717) is 18.7 Å². The molecule has 1 amide bonds. The Labute approximate surface area is 180 Å². The van der Waals surface area contributed by atoms with Gasteiger partial charge in [-0.25, -0.2) is 9.78 Å². The van der Waals surface area contributed by atoms with Gasteiger partial charge in [-0.3, -0.25) is 4.79 Å². The summed E-state index contributed by atoms with van der Waals surface area (Å²) < 4.78 is 15.8. The summed E-state index contributed by atoms with van der Waals surface area (Å²) in [6.45, 7) is 9.43. The number of carbonyl (C=O) groups excluding carboxylic acids is 2. The van der Waals surface area contributed by atoms with Crippen LogP contribution in [0.4, 0.5) is 4.79 Å². The van der Waals surface area contributed by atoms with Crippen molar-refractivity contribution in [3.8, 4) is 10.6 Å². The average molecular weight is 431 g/mol. The first-order valence-corrected chi connectivity index (χ1v) is 10.6. The van der Waals surface area contributed by atoms with Gasteiger partial charge in [0.1, 0.15) is 16.3 Å². The van der Waals surface area contributed by atoms with Crippen LogP contribution < -0.4 is 5.32 Å². The van der Waals surface area contributed by atoms with Crippen molar-refractivity contribution in [3.63, 3.8) is 0 Å². The third-order valence-corrected chi connectivity index (χ3v) is 5.50. The number of thiazole rings is 1. The Bertz CT molecular complexity index is 965. The summed E-state index contributed by atoms with van der Waals surface area (Å²) >= 11 is 1.48. The highest BCUT2D eigenvalue weighted by Gasteiger charge is 2.37. The molecule has 0 radical (unpaired) electrons. The average Bonchev–Trinajstić information content (AvgIpc) is 3.02.